The van der Waals surface area contributed by atoms with Crippen molar-refractivity contribution in [3.63, 3.8) is 0 Å². The van der Waals surface area contributed by atoms with E-state index in [0.29, 0.717) is 5.56 Å². The van der Waals surface area contributed by atoms with Crippen LogP contribution < -0.4 is 10.6 Å². The lowest BCUT2D eigenvalue weighted by molar-refractivity contribution is 0.0697. The van der Waals surface area contributed by atoms with Crippen LogP contribution in [0.15, 0.2) is 54.6 Å². The molecule has 5 nitrogen and oxygen atoms in total. The lowest BCUT2D eigenvalue weighted by Gasteiger charge is -2.14. The lowest BCUT2D eigenvalue weighted by atomic mass is 10.0. The highest BCUT2D eigenvalue weighted by atomic mass is 35.5. The van der Waals surface area contributed by atoms with Gasteiger partial charge in [-0.15, -0.1) is 0 Å². The van der Waals surface area contributed by atoms with Gasteiger partial charge in [0.15, 0.2) is 5.11 Å². The van der Waals surface area contributed by atoms with Crippen LogP contribution in [0.5, 0.6) is 0 Å². The third-order valence-corrected chi connectivity index (χ3v) is 4.51. The van der Waals surface area contributed by atoms with Crippen molar-refractivity contribution in [2.24, 2.45) is 0 Å². The van der Waals surface area contributed by atoms with Gasteiger partial charge >= 0.3 is 5.97 Å². The molecule has 1 amide bonds. The molecule has 0 bridgehead atoms. The number of benzene rings is 3. The predicted molar refractivity (Wildman–Crippen MR) is 111 cm³/mol. The average Bonchev–Trinajstić information content (AvgIpc) is 2.63. The molecule has 0 saturated heterocycles. The maximum absolute atomic E-state index is 12.6. The van der Waals surface area contributed by atoms with Crippen molar-refractivity contribution >= 4 is 68.9 Å². The number of aromatic carboxylic acids is 1. The Bertz CT molecular complexity index is 1080. The number of halogens is 2. The van der Waals surface area contributed by atoms with Crippen LogP contribution in [0.4, 0.5) is 5.69 Å². The van der Waals surface area contributed by atoms with E-state index in [1.807, 2.05) is 30.3 Å². The van der Waals surface area contributed by atoms with E-state index in [2.05, 4.69) is 10.6 Å². The minimum atomic E-state index is -1.23. The highest BCUT2D eigenvalue weighted by molar-refractivity contribution is 7.80. The molecule has 0 aliphatic rings. The van der Waals surface area contributed by atoms with Gasteiger partial charge in [-0.05, 0) is 41.2 Å². The highest BCUT2D eigenvalue weighted by Crippen LogP contribution is 2.30. The Morgan fingerprint density at radius 3 is 2.41 bits per heavy atom. The number of carboxylic acids is 1. The fourth-order valence-electron chi connectivity index (χ4n) is 2.61. The van der Waals surface area contributed by atoms with E-state index >= 15 is 0 Å². The fourth-order valence-corrected chi connectivity index (χ4v) is 3.34. The van der Waals surface area contributed by atoms with Crippen molar-refractivity contribution in [2.45, 2.75) is 0 Å². The summed E-state index contributed by atoms with van der Waals surface area (Å²) in [5, 5.41) is 16.4. The monoisotopic (exact) mass is 418 g/mol. The van der Waals surface area contributed by atoms with Gasteiger partial charge in [-0.25, -0.2) is 4.79 Å². The number of fused-ring (bicyclic) bond motifs is 1. The number of rotatable bonds is 3. The number of carboxylic acid groups (broad SMARTS) is 1. The second kappa shape index (κ2) is 7.92. The van der Waals surface area contributed by atoms with E-state index in [1.165, 1.54) is 12.1 Å². The van der Waals surface area contributed by atoms with Crippen molar-refractivity contribution in [3.05, 3.63) is 75.8 Å². The van der Waals surface area contributed by atoms with Crippen molar-refractivity contribution in [1.29, 1.82) is 0 Å². The molecule has 0 fully saturated rings. The number of anilines is 1. The summed E-state index contributed by atoms with van der Waals surface area (Å²) in [6.45, 7) is 0. The van der Waals surface area contributed by atoms with E-state index in [1.54, 1.807) is 12.1 Å². The first-order valence-electron chi connectivity index (χ1n) is 7.69. The summed E-state index contributed by atoms with van der Waals surface area (Å²) in [4.78, 5) is 24.0. The van der Waals surface area contributed by atoms with Gasteiger partial charge in [0.25, 0.3) is 5.91 Å². The van der Waals surface area contributed by atoms with E-state index in [0.717, 1.165) is 10.8 Å². The zero-order chi connectivity index (χ0) is 19.6. The second-order valence-corrected chi connectivity index (χ2v) is 6.80. The maximum Gasteiger partial charge on any atom is 0.337 e. The molecule has 0 aliphatic heterocycles. The van der Waals surface area contributed by atoms with Gasteiger partial charge in [-0.2, -0.15) is 0 Å². The Hall–Kier alpha value is -2.67. The van der Waals surface area contributed by atoms with Gasteiger partial charge in [0.2, 0.25) is 0 Å². The van der Waals surface area contributed by atoms with Gasteiger partial charge in [0, 0.05) is 10.6 Å². The lowest BCUT2D eigenvalue weighted by Crippen LogP contribution is -2.34. The number of carbonyl (C=O) groups is 2. The summed E-state index contributed by atoms with van der Waals surface area (Å²) in [6, 6.07) is 15.4. The summed E-state index contributed by atoms with van der Waals surface area (Å²) >= 11 is 17.1. The largest absolute Gasteiger partial charge is 0.478 e. The average molecular weight is 419 g/mol. The van der Waals surface area contributed by atoms with Gasteiger partial charge in [0.1, 0.15) is 0 Å². The number of hydrogen-bond acceptors (Lipinski definition) is 3. The number of amides is 1. The summed E-state index contributed by atoms with van der Waals surface area (Å²) in [6.07, 6.45) is 0. The van der Waals surface area contributed by atoms with Crippen LogP contribution in [0.25, 0.3) is 10.8 Å². The number of carbonyl (C=O) groups excluding carboxylic acids is 1. The van der Waals surface area contributed by atoms with Crippen LogP contribution in [-0.2, 0) is 0 Å². The van der Waals surface area contributed by atoms with Gasteiger partial charge in [0.05, 0.1) is 16.3 Å². The van der Waals surface area contributed by atoms with Crippen molar-refractivity contribution < 1.29 is 14.7 Å². The van der Waals surface area contributed by atoms with Crippen LogP contribution in [-0.4, -0.2) is 22.1 Å². The topological polar surface area (TPSA) is 78.4 Å². The molecule has 3 aromatic rings. The van der Waals surface area contributed by atoms with Crippen LogP contribution in [0.3, 0.4) is 0 Å². The zero-order valence-electron chi connectivity index (χ0n) is 13.6. The molecule has 0 atom stereocenters. The summed E-state index contributed by atoms with van der Waals surface area (Å²) in [7, 11) is 0. The van der Waals surface area contributed by atoms with Gasteiger partial charge in [-0.3, -0.25) is 10.1 Å². The number of hydrogen-bond donors (Lipinski definition) is 3. The second-order valence-electron chi connectivity index (χ2n) is 5.55. The first kappa shape index (κ1) is 19.1. The van der Waals surface area contributed by atoms with E-state index in [-0.39, 0.29) is 26.4 Å². The first-order chi connectivity index (χ1) is 12.9. The Labute approximate surface area is 169 Å². The molecule has 0 saturated carbocycles. The van der Waals surface area contributed by atoms with Crippen LogP contribution in [0.1, 0.15) is 20.7 Å². The smallest absolute Gasteiger partial charge is 0.337 e. The molecule has 0 radical (unpaired) electrons. The quantitative estimate of drug-likeness (QED) is 0.523. The third-order valence-electron chi connectivity index (χ3n) is 3.79. The zero-order valence-corrected chi connectivity index (χ0v) is 16.0. The number of thiocarbonyl (C=S) groups is 1. The van der Waals surface area contributed by atoms with Crippen molar-refractivity contribution in [2.75, 3.05) is 5.32 Å². The van der Waals surface area contributed by atoms with Gasteiger partial charge in [-0.1, -0.05) is 59.6 Å². The molecule has 27 heavy (non-hydrogen) atoms. The molecular weight excluding hydrogens is 407 g/mol. The summed E-state index contributed by atoms with van der Waals surface area (Å²) < 4.78 is 0. The standard InChI is InChI=1S/C19H12Cl2N2O3S/c20-11-8-14(18(25)26)16(15(21)9-11)22-19(27)23-17(24)13-7-3-5-10-4-1-2-6-12(10)13/h1-9H,(H,25,26)(H2,22,23,24,27). The molecule has 8 heteroatoms. The molecule has 0 aromatic heterocycles. The van der Waals surface area contributed by atoms with Crippen LogP contribution in [0.2, 0.25) is 10.0 Å². The highest BCUT2D eigenvalue weighted by Gasteiger charge is 2.18. The number of nitrogens with one attached hydrogen (secondary N) is 2. The third kappa shape index (κ3) is 4.19. The molecule has 136 valence electrons. The maximum atomic E-state index is 12.6. The Kier molecular flexibility index (Phi) is 5.60. The Morgan fingerprint density at radius 2 is 1.67 bits per heavy atom. The fraction of sp³-hybridized carbons (Fsp3) is 0. The molecule has 3 N–H and O–H groups in total. The minimum Gasteiger partial charge on any atom is -0.478 e. The molecule has 3 rings (SSSR count). The molecule has 0 unspecified atom stereocenters. The van der Waals surface area contributed by atoms with Crippen molar-refractivity contribution in [3.8, 4) is 0 Å². The molecule has 0 heterocycles. The predicted octanol–water partition coefficient (Wildman–Crippen LogP) is 4.97. The minimum absolute atomic E-state index is 0.0526. The van der Waals surface area contributed by atoms with Crippen LogP contribution in [0, 0.1) is 0 Å². The Balaban J connectivity index is 1.84. The molecule has 3 aromatic carbocycles. The van der Waals surface area contributed by atoms with E-state index < -0.39 is 11.9 Å². The molecular formula is C19H12Cl2N2O3S. The van der Waals surface area contributed by atoms with Crippen molar-refractivity contribution in [1.82, 2.24) is 5.32 Å². The first-order valence-corrected chi connectivity index (χ1v) is 8.85. The van der Waals surface area contributed by atoms with E-state index in [9.17, 15) is 14.7 Å². The summed E-state index contributed by atoms with van der Waals surface area (Å²) in [5.41, 5.74) is 0.337. The van der Waals surface area contributed by atoms with Crippen LogP contribution >= 0.6 is 35.4 Å². The molecule has 0 spiro atoms. The van der Waals surface area contributed by atoms with Gasteiger partial charge < -0.3 is 10.4 Å². The SMILES string of the molecule is O=C(O)c1cc(Cl)cc(Cl)c1NC(=S)NC(=O)c1cccc2ccccc12. The Morgan fingerprint density at radius 1 is 0.963 bits per heavy atom. The molecule has 0 aliphatic carbocycles. The summed E-state index contributed by atoms with van der Waals surface area (Å²) in [5.74, 6) is -1.66. The normalized spacial score (nSPS) is 10.4. The van der Waals surface area contributed by atoms with E-state index in [4.69, 9.17) is 35.4 Å².